The highest BCUT2D eigenvalue weighted by molar-refractivity contribution is 7.89. The lowest BCUT2D eigenvalue weighted by molar-refractivity contribution is 0.342. The molecular weight excluding hydrogens is 254 g/mol. The quantitative estimate of drug-likeness (QED) is 0.768. The summed E-state index contributed by atoms with van der Waals surface area (Å²) in [6, 6.07) is 3.01. The van der Waals surface area contributed by atoms with Gasteiger partial charge in [-0.2, -0.15) is 0 Å². The van der Waals surface area contributed by atoms with Crippen molar-refractivity contribution in [3.05, 3.63) is 17.9 Å². The lowest BCUT2D eigenvalue weighted by atomic mass is 10.4. The molecule has 1 aromatic heterocycles. The third kappa shape index (κ3) is 3.32. The molecule has 0 spiro atoms. The summed E-state index contributed by atoms with van der Waals surface area (Å²) in [5.41, 5.74) is 5.37. The minimum atomic E-state index is -3.54. The van der Waals surface area contributed by atoms with Crippen LogP contribution in [0.2, 0.25) is 0 Å². The van der Waals surface area contributed by atoms with Crippen LogP contribution in [-0.2, 0) is 16.6 Å². The van der Waals surface area contributed by atoms with Gasteiger partial charge in [-0.3, -0.25) is 0 Å². The van der Waals surface area contributed by atoms with Crippen LogP contribution in [0.5, 0.6) is 0 Å². The predicted octanol–water partition coefficient (Wildman–Crippen LogP) is 0.112. The van der Waals surface area contributed by atoms with Gasteiger partial charge in [-0.05, 0) is 38.1 Å². The van der Waals surface area contributed by atoms with E-state index in [1.807, 2.05) is 0 Å². The summed E-state index contributed by atoms with van der Waals surface area (Å²) >= 11 is 0. The van der Waals surface area contributed by atoms with Gasteiger partial charge in [0.05, 0.1) is 6.54 Å². The third-order valence-corrected chi connectivity index (χ3v) is 4.36. The molecular formula is C11H19N3O3S. The molecule has 0 unspecified atom stereocenters. The number of nitrogens with one attached hydrogen (secondary N) is 1. The Bertz CT molecular complexity index is 477. The number of nitrogens with zero attached hydrogens (tertiary/aromatic N) is 1. The average Bonchev–Trinajstić information content (AvgIpc) is 2.99. The number of hydrogen-bond donors (Lipinski definition) is 2. The van der Waals surface area contributed by atoms with Crippen LogP contribution in [-0.4, -0.2) is 39.5 Å². The molecule has 0 aliphatic carbocycles. The Labute approximate surface area is 107 Å². The highest BCUT2D eigenvalue weighted by Crippen LogP contribution is 2.13. The van der Waals surface area contributed by atoms with Gasteiger partial charge in [0.1, 0.15) is 5.76 Å². The van der Waals surface area contributed by atoms with Crippen molar-refractivity contribution in [2.75, 3.05) is 26.2 Å². The standard InChI is InChI=1S/C11H19N3O3S/c12-9-10-3-4-11(17-10)18(15,16)13-5-8-14-6-1-2-7-14/h3-4,13H,1-2,5-9,12H2. The lowest BCUT2D eigenvalue weighted by Gasteiger charge is -2.14. The maximum absolute atomic E-state index is 11.9. The van der Waals surface area contributed by atoms with E-state index in [0.717, 1.165) is 19.6 Å². The molecule has 1 aliphatic heterocycles. The van der Waals surface area contributed by atoms with Crippen molar-refractivity contribution in [1.82, 2.24) is 9.62 Å². The fraction of sp³-hybridized carbons (Fsp3) is 0.636. The Morgan fingerprint density at radius 2 is 2.06 bits per heavy atom. The van der Waals surface area contributed by atoms with Crippen molar-refractivity contribution in [2.45, 2.75) is 24.5 Å². The molecule has 6 nitrogen and oxygen atoms in total. The van der Waals surface area contributed by atoms with Crippen molar-refractivity contribution in [2.24, 2.45) is 5.73 Å². The van der Waals surface area contributed by atoms with Gasteiger partial charge >= 0.3 is 0 Å². The molecule has 0 atom stereocenters. The van der Waals surface area contributed by atoms with E-state index in [0.29, 0.717) is 12.3 Å². The van der Waals surface area contributed by atoms with E-state index in [9.17, 15) is 8.42 Å². The minimum Gasteiger partial charge on any atom is -0.447 e. The molecule has 0 saturated carbocycles. The molecule has 0 amide bonds. The Balaban J connectivity index is 1.86. The molecule has 0 aromatic carbocycles. The van der Waals surface area contributed by atoms with Crippen molar-refractivity contribution < 1.29 is 12.8 Å². The molecule has 7 heteroatoms. The number of likely N-dealkylation sites (tertiary alicyclic amines) is 1. The van der Waals surface area contributed by atoms with Crippen LogP contribution in [0.4, 0.5) is 0 Å². The van der Waals surface area contributed by atoms with E-state index in [-0.39, 0.29) is 11.6 Å². The van der Waals surface area contributed by atoms with E-state index >= 15 is 0 Å². The van der Waals surface area contributed by atoms with Gasteiger partial charge in [-0.15, -0.1) is 0 Å². The number of nitrogens with two attached hydrogens (primary N) is 1. The molecule has 0 bridgehead atoms. The minimum absolute atomic E-state index is 0.0654. The van der Waals surface area contributed by atoms with E-state index in [4.69, 9.17) is 10.2 Å². The first kappa shape index (κ1) is 13.5. The Kier molecular flexibility index (Phi) is 4.39. The molecule has 3 N–H and O–H groups in total. The average molecular weight is 273 g/mol. The Morgan fingerprint density at radius 3 is 2.67 bits per heavy atom. The second-order valence-corrected chi connectivity index (χ2v) is 6.07. The van der Waals surface area contributed by atoms with Gasteiger partial charge in [0.15, 0.2) is 0 Å². The van der Waals surface area contributed by atoms with Crippen molar-refractivity contribution >= 4 is 10.0 Å². The van der Waals surface area contributed by atoms with E-state index in [1.54, 1.807) is 6.07 Å². The second-order valence-electron chi connectivity index (χ2n) is 4.37. The summed E-state index contributed by atoms with van der Waals surface area (Å²) in [4.78, 5) is 2.25. The summed E-state index contributed by atoms with van der Waals surface area (Å²) in [6.07, 6.45) is 2.40. The number of hydrogen-bond acceptors (Lipinski definition) is 5. The first-order valence-corrected chi connectivity index (χ1v) is 7.61. The molecule has 1 aromatic rings. The summed E-state index contributed by atoms with van der Waals surface area (Å²) in [5, 5.41) is -0.0654. The van der Waals surface area contributed by atoms with Crippen LogP contribution < -0.4 is 10.5 Å². The van der Waals surface area contributed by atoms with Crippen molar-refractivity contribution in [3.8, 4) is 0 Å². The van der Waals surface area contributed by atoms with Crippen LogP contribution in [0, 0.1) is 0 Å². The van der Waals surface area contributed by atoms with Crippen LogP contribution in [0.25, 0.3) is 0 Å². The number of furan rings is 1. The summed E-state index contributed by atoms with van der Waals surface area (Å²) in [7, 11) is -3.54. The van der Waals surface area contributed by atoms with Crippen LogP contribution in [0.15, 0.2) is 21.6 Å². The smallest absolute Gasteiger partial charge is 0.274 e. The molecule has 2 rings (SSSR count). The molecule has 1 aliphatic rings. The maximum atomic E-state index is 11.9. The van der Waals surface area contributed by atoms with Gasteiger partial charge in [-0.25, -0.2) is 13.1 Å². The van der Waals surface area contributed by atoms with Gasteiger partial charge in [0.25, 0.3) is 10.0 Å². The third-order valence-electron chi connectivity index (χ3n) is 3.02. The zero-order valence-corrected chi connectivity index (χ0v) is 11.1. The molecule has 1 fully saturated rings. The number of sulfonamides is 1. The zero-order chi connectivity index (χ0) is 13.0. The maximum Gasteiger partial charge on any atom is 0.274 e. The van der Waals surface area contributed by atoms with Crippen LogP contribution >= 0.6 is 0 Å². The fourth-order valence-electron chi connectivity index (χ4n) is 2.03. The topological polar surface area (TPSA) is 88.6 Å². The van der Waals surface area contributed by atoms with Gasteiger partial charge in [0.2, 0.25) is 5.09 Å². The monoisotopic (exact) mass is 273 g/mol. The van der Waals surface area contributed by atoms with Crippen LogP contribution in [0.1, 0.15) is 18.6 Å². The predicted molar refractivity (Wildman–Crippen MR) is 67.5 cm³/mol. The SMILES string of the molecule is NCc1ccc(S(=O)(=O)NCCN2CCCC2)o1. The van der Waals surface area contributed by atoms with Crippen molar-refractivity contribution in [1.29, 1.82) is 0 Å². The normalized spacial score (nSPS) is 17.4. The van der Waals surface area contributed by atoms with E-state index in [1.165, 1.54) is 18.9 Å². The van der Waals surface area contributed by atoms with Gasteiger partial charge in [0, 0.05) is 13.1 Å². The first-order chi connectivity index (χ1) is 8.62. The molecule has 18 heavy (non-hydrogen) atoms. The van der Waals surface area contributed by atoms with Gasteiger partial charge in [-0.1, -0.05) is 0 Å². The first-order valence-electron chi connectivity index (χ1n) is 6.12. The lowest BCUT2D eigenvalue weighted by Crippen LogP contribution is -2.33. The van der Waals surface area contributed by atoms with E-state index < -0.39 is 10.0 Å². The fourth-order valence-corrected chi connectivity index (χ4v) is 2.99. The van der Waals surface area contributed by atoms with E-state index in [2.05, 4.69) is 9.62 Å². The summed E-state index contributed by atoms with van der Waals surface area (Å²) in [5.74, 6) is 0.468. The van der Waals surface area contributed by atoms with Crippen LogP contribution in [0.3, 0.4) is 0 Å². The Morgan fingerprint density at radius 1 is 1.33 bits per heavy atom. The molecule has 0 radical (unpaired) electrons. The summed E-state index contributed by atoms with van der Waals surface area (Å²) < 4.78 is 31.4. The molecule has 1 saturated heterocycles. The molecule has 2 heterocycles. The van der Waals surface area contributed by atoms with Crippen molar-refractivity contribution in [3.63, 3.8) is 0 Å². The molecule has 102 valence electrons. The summed E-state index contributed by atoms with van der Waals surface area (Å²) in [6.45, 7) is 3.45. The second kappa shape index (κ2) is 5.83. The largest absolute Gasteiger partial charge is 0.447 e. The zero-order valence-electron chi connectivity index (χ0n) is 10.3. The van der Waals surface area contributed by atoms with Gasteiger partial charge < -0.3 is 15.1 Å². The Hall–Kier alpha value is -0.890. The number of rotatable bonds is 6. The highest BCUT2D eigenvalue weighted by Gasteiger charge is 2.19. The highest BCUT2D eigenvalue weighted by atomic mass is 32.2.